The van der Waals surface area contributed by atoms with Gasteiger partial charge in [0.1, 0.15) is 12.4 Å². The van der Waals surface area contributed by atoms with Crippen LogP contribution in [0.3, 0.4) is 0 Å². The highest BCUT2D eigenvalue weighted by atomic mass is 35.5. The van der Waals surface area contributed by atoms with Gasteiger partial charge in [-0.2, -0.15) is 0 Å². The molecule has 1 atom stereocenters. The van der Waals surface area contributed by atoms with Gasteiger partial charge in [0.25, 0.3) is 0 Å². The number of likely N-dealkylation sites (N-methyl/N-ethyl adjacent to an activating group) is 1. The van der Waals surface area contributed by atoms with Gasteiger partial charge in [0, 0.05) is 17.6 Å². The quantitative estimate of drug-likeness (QED) is 0.798. The van der Waals surface area contributed by atoms with E-state index in [9.17, 15) is 4.79 Å². The highest BCUT2D eigenvalue weighted by Crippen LogP contribution is 2.17. The minimum absolute atomic E-state index is 0.00506. The number of carboxylic acid groups (broad SMARTS) is 1. The molecule has 0 aliphatic rings. The monoisotopic (exact) mass is 285 g/mol. The van der Waals surface area contributed by atoms with Crippen molar-refractivity contribution in [3.05, 3.63) is 29.3 Å². The molecule has 5 heteroatoms. The second-order valence-electron chi connectivity index (χ2n) is 4.38. The molecule has 0 radical (unpaired) electrons. The number of nitrogens with zero attached hydrogens (tertiary/aromatic N) is 1. The van der Waals surface area contributed by atoms with Crippen molar-refractivity contribution in [3.8, 4) is 5.75 Å². The zero-order valence-electron chi connectivity index (χ0n) is 11.3. The predicted molar refractivity (Wildman–Crippen MR) is 75.9 cm³/mol. The van der Waals surface area contributed by atoms with E-state index in [1.54, 1.807) is 12.1 Å². The molecule has 0 spiro atoms. The highest BCUT2D eigenvalue weighted by Gasteiger charge is 2.15. The summed E-state index contributed by atoms with van der Waals surface area (Å²) in [5, 5.41) is 9.43. The number of rotatable bonds is 8. The summed E-state index contributed by atoms with van der Waals surface area (Å²) in [7, 11) is 0. The van der Waals surface area contributed by atoms with Crippen molar-refractivity contribution >= 4 is 17.6 Å². The first-order chi connectivity index (χ1) is 9.02. The second-order valence-corrected chi connectivity index (χ2v) is 4.82. The van der Waals surface area contributed by atoms with E-state index in [1.807, 2.05) is 26.0 Å². The maximum absolute atomic E-state index is 10.7. The smallest absolute Gasteiger partial charge is 0.304 e. The van der Waals surface area contributed by atoms with Crippen LogP contribution in [0.2, 0.25) is 5.02 Å². The minimum atomic E-state index is -0.776. The molecule has 0 bridgehead atoms. The number of halogens is 1. The van der Waals surface area contributed by atoms with Crippen molar-refractivity contribution < 1.29 is 14.6 Å². The van der Waals surface area contributed by atoms with Gasteiger partial charge in [-0.15, -0.1) is 0 Å². The minimum Gasteiger partial charge on any atom is -0.492 e. The first-order valence-electron chi connectivity index (χ1n) is 6.37. The van der Waals surface area contributed by atoms with Crippen LogP contribution in [-0.2, 0) is 4.79 Å². The number of aliphatic carboxylic acids is 1. The first kappa shape index (κ1) is 15.8. The summed E-state index contributed by atoms with van der Waals surface area (Å²) < 4.78 is 5.60. The number of ether oxygens (including phenoxy) is 1. The summed E-state index contributed by atoms with van der Waals surface area (Å²) in [6.45, 7) is 5.93. The van der Waals surface area contributed by atoms with Gasteiger partial charge >= 0.3 is 5.97 Å². The number of carboxylic acids is 1. The molecule has 1 N–H and O–H groups in total. The van der Waals surface area contributed by atoms with Crippen LogP contribution in [0.4, 0.5) is 0 Å². The normalized spacial score (nSPS) is 12.4. The molecule has 0 aliphatic heterocycles. The maximum atomic E-state index is 10.7. The summed E-state index contributed by atoms with van der Waals surface area (Å²) in [5.74, 6) is -0.0452. The van der Waals surface area contributed by atoms with Gasteiger partial charge in [0.15, 0.2) is 0 Å². The van der Waals surface area contributed by atoms with E-state index < -0.39 is 5.97 Å². The van der Waals surface area contributed by atoms with Crippen LogP contribution in [-0.4, -0.2) is 41.7 Å². The van der Waals surface area contributed by atoms with Gasteiger partial charge < -0.3 is 9.84 Å². The van der Waals surface area contributed by atoms with Crippen LogP contribution in [0.15, 0.2) is 24.3 Å². The fraction of sp³-hybridized carbons (Fsp3) is 0.500. The van der Waals surface area contributed by atoms with Gasteiger partial charge in [-0.25, -0.2) is 0 Å². The fourth-order valence-electron chi connectivity index (χ4n) is 1.91. The Morgan fingerprint density at radius 2 is 2.26 bits per heavy atom. The largest absolute Gasteiger partial charge is 0.492 e. The zero-order valence-corrected chi connectivity index (χ0v) is 12.1. The van der Waals surface area contributed by atoms with E-state index >= 15 is 0 Å². The molecule has 0 saturated carbocycles. The average Bonchev–Trinajstić information content (AvgIpc) is 2.33. The van der Waals surface area contributed by atoms with Crippen LogP contribution in [0.5, 0.6) is 5.75 Å². The summed E-state index contributed by atoms with van der Waals surface area (Å²) in [4.78, 5) is 12.8. The summed E-state index contributed by atoms with van der Waals surface area (Å²) in [5.41, 5.74) is 0. The topological polar surface area (TPSA) is 49.8 Å². The Bertz CT molecular complexity index is 411. The van der Waals surface area contributed by atoms with Crippen molar-refractivity contribution in [2.45, 2.75) is 26.3 Å². The molecule has 1 rings (SSSR count). The standard InChI is InChI=1S/C14H20ClNO3/c1-3-16(11(2)9-14(17)18)7-8-19-13-6-4-5-12(15)10-13/h4-6,10-11H,3,7-9H2,1-2H3,(H,17,18). The van der Waals surface area contributed by atoms with E-state index in [0.29, 0.717) is 18.2 Å². The third kappa shape index (κ3) is 5.94. The lowest BCUT2D eigenvalue weighted by molar-refractivity contribution is -0.138. The van der Waals surface area contributed by atoms with Gasteiger partial charge in [-0.1, -0.05) is 24.6 Å². The number of hydrogen-bond donors (Lipinski definition) is 1. The van der Waals surface area contributed by atoms with E-state index in [1.165, 1.54) is 0 Å². The number of benzene rings is 1. The van der Waals surface area contributed by atoms with Gasteiger partial charge in [-0.3, -0.25) is 9.69 Å². The number of hydrogen-bond acceptors (Lipinski definition) is 3. The maximum Gasteiger partial charge on any atom is 0.304 e. The molecule has 0 saturated heterocycles. The van der Waals surface area contributed by atoms with Crippen LogP contribution in [0.25, 0.3) is 0 Å². The third-order valence-corrected chi connectivity index (χ3v) is 3.18. The van der Waals surface area contributed by atoms with Crippen LogP contribution >= 0.6 is 11.6 Å². The van der Waals surface area contributed by atoms with Crippen molar-refractivity contribution in [2.24, 2.45) is 0 Å². The third-order valence-electron chi connectivity index (χ3n) is 2.94. The summed E-state index contributed by atoms with van der Waals surface area (Å²) in [6.07, 6.45) is 0.144. The van der Waals surface area contributed by atoms with Crippen LogP contribution in [0, 0.1) is 0 Å². The molecule has 106 valence electrons. The van der Waals surface area contributed by atoms with E-state index in [4.69, 9.17) is 21.4 Å². The predicted octanol–water partition coefficient (Wildman–Crippen LogP) is 2.90. The van der Waals surface area contributed by atoms with E-state index in [0.717, 1.165) is 12.3 Å². The lowest BCUT2D eigenvalue weighted by Gasteiger charge is -2.26. The van der Waals surface area contributed by atoms with Crippen LogP contribution in [0.1, 0.15) is 20.3 Å². The Labute approximate surface area is 118 Å². The Hall–Kier alpha value is -1.26. The first-order valence-corrected chi connectivity index (χ1v) is 6.75. The molecule has 0 amide bonds. The molecule has 0 aromatic heterocycles. The molecular formula is C14H20ClNO3. The Kier molecular flexibility index (Phi) is 6.67. The summed E-state index contributed by atoms with van der Waals surface area (Å²) in [6, 6.07) is 7.25. The SMILES string of the molecule is CCN(CCOc1cccc(Cl)c1)C(C)CC(=O)O. The summed E-state index contributed by atoms with van der Waals surface area (Å²) >= 11 is 5.87. The number of carbonyl (C=O) groups is 1. The molecule has 1 aromatic rings. The van der Waals surface area contributed by atoms with Crippen molar-refractivity contribution in [2.75, 3.05) is 19.7 Å². The van der Waals surface area contributed by atoms with Crippen molar-refractivity contribution in [3.63, 3.8) is 0 Å². The Morgan fingerprint density at radius 1 is 1.53 bits per heavy atom. The lowest BCUT2D eigenvalue weighted by atomic mass is 10.2. The van der Waals surface area contributed by atoms with Gasteiger partial charge in [-0.05, 0) is 31.7 Å². The highest BCUT2D eigenvalue weighted by molar-refractivity contribution is 6.30. The average molecular weight is 286 g/mol. The Morgan fingerprint density at radius 3 is 2.84 bits per heavy atom. The zero-order chi connectivity index (χ0) is 14.3. The van der Waals surface area contributed by atoms with Crippen molar-refractivity contribution in [1.29, 1.82) is 0 Å². The van der Waals surface area contributed by atoms with Crippen LogP contribution < -0.4 is 4.74 Å². The molecule has 1 unspecified atom stereocenters. The van der Waals surface area contributed by atoms with Gasteiger partial charge in [0.05, 0.1) is 6.42 Å². The fourth-order valence-corrected chi connectivity index (χ4v) is 2.09. The second kappa shape index (κ2) is 8.02. The molecule has 1 aromatic carbocycles. The molecule has 4 nitrogen and oxygen atoms in total. The molecule has 19 heavy (non-hydrogen) atoms. The molecule has 0 fully saturated rings. The molecule has 0 aliphatic carbocycles. The Balaban J connectivity index is 2.39. The van der Waals surface area contributed by atoms with Crippen molar-refractivity contribution in [1.82, 2.24) is 4.90 Å². The van der Waals surface area contributed by atoms with E-state index in [-0.39, 0.29) is 12.5 Å². The van der Waals surface area contributed by atoms with Gasteiger partial charge in [0.2, 0.25) is 0 Å². The van der Waals surface area contributed by atoms with E-state index in [2.05, 4.69) is 4.90 Å². The molecule has 0 heterocycles. The lowest BCUT2D eigenvalue weighted by Crippen LogP contribution is -2.37. The molecular weight excluding hydrogens is 266 g/mol.